The smallest absolute Gasteiger partial charge is 0.241 e. The fourth-order valence-electron chi connectivity index (χ4n) is 3.92. The van der Waals surface area contributed by atoms with Crippen molar-refractivity contribution < 1.29 is 9.53 Å². The van der Waals surface area contributed by atoms with Gasteiger partial charge >= 0.3 is 0 Å². The van der Waals surface area contributed by atoms with E-state index in [0.717, 1.165) is 61.4 Å². The lowest BCUT2D eigenvalue weighted by Gasteiger charge is -2.31. The van der Waals surface area contributed by atoms with Crippen LogP contribution < -0.4 is 14.5 Å². The van der Waals surface area contributed by atoms with Gasteiger partial charge < -0.3 is 14.5 Å². The molecule has 1 fully saturated rings. The van der Waals surface area contributed by atoms with Gasteiger partial charge in [0.25, 0.3) is 0 Å². The predicted molar refractivity (Wildman–Crippen MR) is 120 cm³/mol. The van der Waals surface area contributed by atoms with E-state index in [1.165, 1.54) is 0 Å². The first-order chi connectivity index (χ1) is 14.6. The topological polar surface area (TPSA) is 61.8 Å². The molecule has 162 valence electrons. The molecule has 7 nitrogen and oxygen atoms in total. The molecule has 0 spiro atoms. The highest BCUT2D eigenvalue weighted by Gasteiger charge is 2.26. The van der Waals surface area contributed by atoms with Gasteiger partial charge in [-0.2, -0.15) is 0 Å². The fraction of sp³-hybridized carbons (Fsp3) is 0.522. The van der Waals surface area contributed by atoms with Crippen LogP contribution >= 0.6 is 0 Å². The minimum Gasteiger partial charge on any atom is -0.490 e. The highest BCUT2D eigenvalue weighted by molar-refractivity contribution is 5.96. The van der Waals surface area contributed by atoms with Crippen LogP contribution in [-0.4, -0.2) is 66.7 Å². The first-order valence-electron chi connectivity index (χ1n) is 10.9. The van der Waals surface area contributed by atoms with Gasteiger partial charge in [-0.1, -0.05) is 26.0 Å². The summed E-state index contributed by atoms with van der Waals surface area (Å²) >= 11 is 0. The summed E-state index contributed by atoms with van der Waals surface area (Å²) in [5.41, 5.74) is 1.87. The van der Waals surface area contributed by atoms with Gasteiger partial charge in [-0.15, -0.1) is 0 Å². The normalized spacial score (nSPS) is 16.7. The second-order valence-corrected chi connectivity index (χ2v) is 7.39. The number of carbonyl (C=O) groups excluding carboxylic acids is 1. The number of rotatable bonds is 3. The van der Waals surface area contributed by atoms with Crippen LogP contribution in [0.25, 0.3) is 0 Å². The SMILES string of the molecule is CC.Cc1cc(N2CCCN(CC(=O)N3CCOc4ccccc43)CC2)nc(C)n1. The number of hydrogen-bond acceptors (Lipinski definition) is 6. The summed E-state index contributed by atoms with van der Waals surface area (Å²) in [6, 6.07) is 9.80. The van der Waals surface area contributed by atoms with E-state index in [0.29, 0.717) is 19.7 Å². The van der Waals surface area contributed by atoms with Crippen LogP contribution in [0.3, 0.4) is 0 Å². The third kappa shape index (κ3) is 5.27. The molecule has 0 aliphatic carbocycles. The average Bonchev–Trinajstić information content (AvgIpc) is 2.99. The van der Waals surface area contributed by atoms with E-state index in [9.17, 15) is 4.79 Å². The Morgan fingerprint density at radius 2 is 1.83 bits per heavy atom. The van der Waals surface area contributed by atoms with Crippen LogP contribution in [0.4, 0.5) is 11.5 Å². The molecular formula is C23H33N5O2. The molecule has 0 atom stereocenters. The van der Waals surface area contributed by atoms with Crippen LogP contribution in [0.1, 0.15) is 31.8 Å². The molecule has 1 aromatic heterocycles. The van der Waals surface area contributed by atoms with Gasteiger partial charge in [0, 0.05) is 37.9 Å². The Hall–Kier alpha value is -2.67. The average molecular weight is 412 g/mol. The van der Waals surface area contributed by atoms with Gasteiger partial charge in [-0.25, -0.2) is 9.97 Å². The molecule has 1 saturated heterocycles. The van der Waals surface area contributed by atoms with Crippen molar-refractivity contribution in [1.29, 1.82) is 0 Å². The summed E-state index contributed by atoms with van der Waals surface area (Å²) in [6.07, 6.45) is 1.01. The Morgan fingerprint density at radius 1 is 1.03 bits per heavy atom. The molecule has 0 unspecified atom stereocenters. The van der Waals surface area contributed by atoms with Crippen LogP contribution in [0.5, 0.6) is 5.75 Å². The summed E-state index contributed by atoms with van der Waals surface area (Å²) < 4.78 is 5.67. The Morgan fingerprint density at radius 3 is 2.63 bits per heavy atom. The first kappa shape index (κ1) is 22.0. The molecule has 7 heteroatoms. The number of amides is 1. The van der Waals surface area contributed by atoms with Crippen LogP contribution in [0.2, 0.25) is 0 Å². The predicted octanol–water partition coefficient (Wildman–Crippen LogP) is 3.06. The van der Waals surface area contributed by atoms with E-state index in [1.807, 2.05) is 62.9 Å². The molecule has 30 heavy (non-hydrogen) atoms. The maximum Gasteiger partial charge on any atom is 0.241 e. The number of hydrogen-bond donors (Lipinski definition) is 0. The zero-order valence-electron chi connectivity index (χ0n) is 18.6. The van der Waals surface area contributed by atoms with Crippen LogP contribution in [-0.2, 0) is 4.79 Å². The molecule has 0 saturated carbocycles. The Balaban J connectivity index is 0.00000124. The monoisotopic (exact) mass is 411 g/mol. The Bertz CT molecular complexity index is 837. The molecule has 0 bridgehead atoms. The molecule has 2 aromatic rings. The number of carbonyl (C=O) groups is 1. The van der Waals surface area contributed by atoms with E-state index >= 15 is 0 Å². The third-order valence-corrected chi connectivity index (χ3v) is 5.25. The van der Waals surface area contributed by atoms with E-state index < -0.39 is 0 Å². The molecule has 0 N–H and O–H groups in total. The number of benzene rings is 1. The molecule has 3 heterocycles. The van der Waals surface area contributed by atoms with Crippen molar-refractivity contribution >= 4 is 17.4 Å². The molecule has 0 radical (unpaired) electrons. The highest BCUT2D eigenvalue weighted by Crippen LogP contribution is 2.31. The second kappa shape index (κ2) is 10.4. The molecule has 4 rings (SSSR count). The standard InChI is InChI=1S/C21H27N5O2.C2H6/c1-16-14-20(23-17(2)22-16)25-9-5-8-24(10-11-25)15-21(27)26-12-13-28-19-7-4-3-6-18(19)26;1-2/h3-4,6-7,14H,5,8-13,15H2,1-2H3;1-2H3. The van der Waals surface area contributed by atoms with Gasteiger partial charge in [0.05, 0.1) is 18.8 Å². The fourth-order valence-corrected chi connectivity index (χ4v) is 3.92. The van der Waals surface area contributed by atoms with E-state index in [-0.39, 0.29) is 5.91 Å². The lowest BCUT2D eigenvalue weighted by atomic mass is 10.2. The van der Waals surface area contributed by atoms with Crippen LogP contribution in [0.15, 0.2) is 30.3 Å². The quantitative estimate of drug-likeness (QED) is 0.774. The zero-order valence-corrected chi connectivity index (χ0v) is 18.6. The highest BCUT2D eigenvalue weighted by atomic mass is 16.5. The van der Waals surface area contributed by atoms with Crippen molar-refractivity contribution in [3.8, 4) is 5.75 Å². The number of ether oxygens (including phenoxy) is 1. The minimum atomic E-state index is 0.137. The summed E-state index contributed by atoms with van der Waals surface area (Å²) in [4.78, 5) is 28.3. The van der Waals surface area contributed by atoms with E-state index in [4.69, 9.17) is 4.74 Å². The molecule has 2 aliphatic heterocycles. The molecule has 2 aliphatic rings. The van der Waals surface area contributed by atoms with Crippen molar-refractivity contribution in [3.63, 3.8) is 0 Å². The summed E-state index contributed by atoms with van der Waals surface area (Å²) in [5.74, 6) is 2.72. The zero-order chi connectivity index (χ0) is 21.5. The maximum atomic E-state index is 13.0. The Kier molecular flexibility index (Phi) is 7.63. The number of para-hydroxylation sites is 2. The number of fused-ring (bicyclic) bond motifs is 1. The molecule has 1 amide bonds. The summed E-state index contributed by atoms with van der Waals surface area (Å²) in [6.45, 7) is 13.1. The number of aromatic nitrogens is 2. The third-order valence-electron chi connectivity index (χ3n) is 5.25. The first-order valence-corrected chi connectivity index (χ1v) is 10.9. The van der Waals surface area contributed by atoms with Crippen molar-refractivity contribution in [1.82, 2.24) is 14.9 Å². The van der Waals surface area contributed by atoms with E-state index in [1.54, 1.807) is 0 Å². The van der Waals surface area contributed by atoms with Crippen molar-refractivity contribution in [2.75, 3.05) is 55.7 Å². The minimum absolute atomic E-state index is 0.137. The largest absolute Gasteiger partial charge is 0.490 e. The number of aryl methyl sites for hydroxylation is 2. The van der Waals surface area contributed by atoms with Gasteiger partial charge in [0.2, 0.25) is 5.91 Å². The maximum absolute atomic E-state index is 13.0. The second-order valence-electron chi connectivity index (χ2n) is 7.39. The van der Waals surface area contributed by atoms with E-state index in [2.05, 4.69) is 19.8 Å². The summed E-state index contributed by atoms with van der Waals surface area (Å²) in [5, 5.41) is 0. The number of nitrogens with zero attached hydrogens (tertiary/aromatic N) is 5. The van der Waals surface area contributed by atoms with Crippen LogP contribution in [0, 0.1) is 13.8 Å². The van der Waals surface area contributed by atoms with Crippen molar-refractivity contribution in [2.45, 2.75) is 34.1 Å². The van der Waals surface area contributed by atoms with Gasteiger partial charge in [0.1, 0.15) is 24.0 Å². The number of anilines is 2. The Labute approximate surface area is 179 Å². The van der Waals surface area contributed by atoms with Gasteiger partial charge in [-0.05, 0) is 32.4 Å². The van der Waals surface area contributed by atoms with Gasteiger partial charge in [0.15, 0.2) is 0 Å². The lowest BCUT2D eigenvalue weighted by Crippen LogP contribution is -2.45. The molecule has 1 aromatic carbocycles. The summed E-state index contributed by atoms with van der Waals surface area (Å²) in [7, 11) is 0. The molecular weight excluding hydrogens is 378 g/mol. The lowest BCUT2D eigenvalue weighted by molar-refractivity contribution is -0.120. The van der Waals surface area contributed by atoms with Crippen molar-refractivity contribution in [2.24, 2.45) is 0 Å². The van der Waals surface area contributed by atoms with Crippen molar-refractivity contribution in [3.05, 3.63) is 41.9 Å². The van der Waals surface area contributed by atoms with Gasteiger partial charge in [-0.3, -0.25) is 9.69 Å².